The van der Waals surface area contributed by atoms with Crippen LogP contribution in [0.4, 0.5) is 8.78 Å². The molecule has 0 aromatic heterocycles. The van der Waals surface area contributed by atoms with Gasteiger partial charge in [0.2, 0.25) is 0 Å². The van der Waals surface area contributed by atoms with Crippen molar-refractivity contribution in [3.63, 3.8) is 0 Å². The van der Waals surface area contributed by atoms with E-state index >= 15 is 0 Å². The highest BCUT2D eigenvalue weighted by molar-refractivity contribution is 5.85. The van der Waals surface area contributed by atoms with Crippen LogP contribution in [0.2, 0.25) is 0 Å². The van der Waals surface area contributed by atoms with Gasteiger partial charge in [0.1, 0.15) is 17.7 Å². The molecule has 1 fully saturated rings. The third kappa shape index (κ3) is 4.36. The number of morpholine rings is 1. The van der Waals surface area contributed by atoms with Crippen LogP contribution >= 0.6 is 12.4 Å². The van der Waals surface area contributed by atoms with Crippen LogP contribution in [-0.4, -0.2) is 43.2 Å². The first-order chi connectivity index (χ1) is 9.63. The molecule has 21 heavy (non-hydrogen) atoms. The average molecular weight is 321 g/mol. The number of hydrogen-bond acceptors (Lipinski definition) is 3. The van der Waals surface area contributed by atoms with E-state index in [4.69, 9.17) is 4.74 Å². The summed E-state index contributed by atoms with van der Waals surface area (Å²) in [4.78, 5) is 13.7. The number of amides is 1. The summed E-state index contributed by atoms with van der Waals surface area (Å²) in [6.45, 7) is 3.64. The average Bonchev–Trinajstić information content (AvgIpc) is 2.47. The van der Waals surface area contributed by atoms with Gasteiger partial charge in [-0.05, 0) is 19.1 Å². The summed E-state index contributed by atoms with van der Waals surface area (Å²) < 4.78 is 32.6. The highest BCUT2D eigenvalue weighted by Crippen LogP contribution is 2.16. The number of carbonyl (C=O) groups is 1. The minimum atomic E-state index is -0.640. The molecule has 1 heterocycles. The molecule has 0 spiro atoms. The number of likely N-dealkylation sites (N-methyl/N-ethyl adjacent to an activating group) is 1. The number of ether oxygens (including phenoxy) is 1. The smallest absolute Gasteiger partial charge is 0.253 e. The van der Waals surface area contributed by atoms with Gasteiger partial charge in [0.15, 0.2) is 0 Å². The molecule has 2 rings (SSSR count). The Labute approximate surface area is 128 Å². The summed E-state index contributed by atoms with van der Waals surface area (Å²) in [6, 6.07) is 3.69. The molecular formula is C14H19ClF2N2O2. The molecule has 7 heteroatoms. The lowest BCUT2D eigenvalue weighted by molar-refractivity contribution is -0.145. The molecule has 0 bridgehead atoms. The number of nitrogens with zero attached hydrogens (tertiary/aromatic N) is 1. The fourth-order valence-corrected chi connectivity index (χ4v) is 2.15. The summed E-state index contributed by atoms with van der Waals surface area (Å²) in [7, 11) is 0. The van der Waals surface area contributed by atoms with E-state index in [2.05, 4.69) is 5.32 Å². The van der Waals surface area contributed by atoms with Crippen LogP contribution in [0.15, 0.2) is 18.2 Å². The predicted octanol–water partition coefficient (Wildman–Crippen LogP) is 1.72. The Morgan fingerprint density at radius 1 is 1.43 bits per heavy atom. The zero-order valence-corrected chi connectivity index (χ0v) is 12.6. The summed E-state index contributed by atoms with van der Waals surface area (Å²) in [6.07, 6.45) is -0.585. The molecule has 0 aliphatic carbocycles. The normalized spacial score (nSPS) is 18.0. The van der Waals surface area contributed by atoms with E-state index in [0.717, 1.165) is 0 Å². The van der Waals surface area contributed by atoms with Gasteiger partial charge in [-0.15, -0.1) is 12.4 Å². The predicted molar refractivity (Wildman–Crippen MR) is 77.3 cm³/mol. The zero-order chi connectivity index (χ0) is 14.5. The molecule has 4 nitrogen and oxygen atoms in total. The quantitative estimate of drug-likeness (QED) is 0.918. The van der Waals surface area contributed by atoms with E-state index in [9.17, 15) is 13.6 Å². The molecule has 0 saturated carbocycles. The largest absolute Gasteiger partial charge is 0.366 e. The van der Waals surface area contributed by atoms with Gasteiger partial charge in [0, 0.05) is 25.2 Å². The maximum absolute atomic E-state index is 13.6. The Bertz CT molecular complexity index is 462. The third-order valence-corrected chi connectivity index (χ3v) is 3.31. The second-order valence-corrected chi connectivity index (χ2v) is 4.62. The van der Waals surface area contributed by atoms with Gasteiger partial charge < -0.3 is 15.0 Å². The Balaban J connectivity index is 0.00000220. The summed E-state index contributed by atoms with van der Waals surface area (Å²) in [5.41, 5.74) is -0.0912. The van der Waals surface area contributed by atoms with Crippen LogP contribution in [-0.2, 0) is 16.1 Å². The molecule has 1 aromatic carbocycles. The van der Waals surface area contributed by atoms with Crippen molar-refractivity contribution in [1.82, 2.24) is 10.2 Å². The Hall–Kier alpha value is -1.24. The van der Waals surface area contributed by atoms with E-state index < -0.39 is 17.7 Å². The van der Waals surface area contributed by atoms with Crippen molar-refractivity contribution < 1.29 is 18.3 Å². The summed E-state index contributed by atoms with van der Waals surface area (Å²) in [5.74, 6) is -1.53. The zero-order valence-electron chi connectivity index (χ0n) is 11.8. The van der Waals surface area contributed by atoms with Crippen LogP contribution in [0.3, 0.4) is 0 Å². The van der Waals surface area contributed by atoms with Crippen LogP contribution in [0, 0.1) is 11.6 Å². The van der Waals surface area contributed by atoms with E-state index in [0.29, 0.717) is 26.2 Å². The Kier molecular flexibility index (Phi) is 7.01. The number of hydrogen-bond donors (Lipinski definition) is 1. The molecule has 0 radical (unpaired) electrons. The molecule has 1 aliphatic rings. The first-order valence-corrected chi connectivity index (χ1v) is 6.67. The van der Waals surface area contributed by atoms with Crippen molar-refractivity contribution in [3.05, 3.63) is 35.4 Å². The molecule has 118 valence electrons. The highest BCUT2D eigenvalue weighted by Gasteiger charge is 2.27. The lowest BCUT2D eigenvalue weighted by Gasteiger charge is -2.29. The second-order valence-electron chi connectivity index (χ2n) is 4.62. The minimum Gasteiger partial charge on any atom is -0.366 e. The molecule has 1 saturated heterocycles. The third-order valence-electron chi connectivity index (χ3n) is 3.31. The summed E-state index contributed by atoms with van der Waals surface area (Å²) in [5, 5.41) is 3.06. The van der Waals surface area contributed by atoms with Crippen LogP contribution in [0.5, 0.6) is 0 Å². The van der Waals surface area contributed by atoms with E-state index in [-0.39, 0.29) is 30.4 Å². The van der Waals surface area contributed by atoms with Crippen molar-refractivity contribution in [2.75, 3.05) is 26.2 Å². The van der Waals surface area contributed by atoms with E-state index in [1.54, 1.807) is 6.92 Å². The van der Waals surface area contributed by atoms with Crippen molar-refractivity contribution in [2.24, 2.45) is 0 Å². The van der Waals surface area contributed by atoms with Gasteiger partial charge in [0.05, 0.1) is 13.2 Å². The molecular weight excluding hydrogens is 302 g/mol. The topological polar surface area (TPSA) is 41.6 Å². The molecule has 1 atom stereocenters. The molecule has 1 aromatic rings. The molecule has 1 N–H and O–H groups in total. The first-order valence-electron chi connectivity index (χ1n) is 6.67. The van der Waals surface area contributed by atoms with Crippen molar-refractivity contribution in [3.8, 4) is 0 Å². The monoisotopic (exact) mass is 320 g/mol. The van der Waals surface area contributed by atoms with Gasteiger partial charge >= 0.3 is 0 Å². The number of benzene rings is 1. The highest BCUT2D eigenvalue weighted by atomic mass is 35.5. The Morgan fingerprint density at radius 2 is 2.10 bits per heavy atom. The fraction of sp³-hybridized carbons (Fsp3) is 0.500. The van der Waals surface area contributed by atoms with Crippen LogP contribution in [0.25, 0.3) is 0 Å². The number of carbonyl (C=O) groups excluding carboxylic acids is 1. The maximum atomic E-state index is 13.6. The van der Waals surface area contributed by atoms with Crippen LogP contribution in [0.1, 0.15) is 12.5 Å². The fourth-order valence-electron chi connectivity index (χ4n) is 2.15. The van der Waals surface area contributed by atoms with Gasteiger partial charge in [-0.3, -0.25) is 4.79 Å². The van der Waals surface area contributed by atoms with Gasteiger partial charge in [-0.25, -0.2) is 8.78 Å². The number of nitrogens with one attached hydrogen (secondary N) is 1. The first kappa shape index (κ1) is 17.8. The SMILES string of the molecule is CCN(Cc1c(F)cccc1F)C(=O)C1CNCCO1.Cl. The summed E-state index contributed by atoms with van der Waals surface area (Å²) >= 11 is 0. The number of halogens is 3. The van der Waals surface area contributed by atoms with E-state index in [1.807, 2.05) is 0 Å². The van der Waals surface area contributed by atoms with Gasteiger partial charge in [-0.1, -0.05) is 6.07 Å². The van der Waals surface area contributed by atoms with E-state index in [1.165, 1.54) is 23.1 Å². The molecule has 1 aliphatic heterocycles. The molecule has 1 amide bonds. The lowest BCUT2D eigenvalue weighted by atomic mass is 10.1. The second kappa shape index (κ2) is 8.26. The minimum absolute atomic E-state index is 0. The standard InChI is InChI=1S/C14H18F2N2O2.ClH/c1-2-18(14(19)13-8-17-6-7-20-13)9-10-11(15)4-3-5-12(10)16;/h3-5,13,17H,2,6-9H2,1H3;1H. The van der Waals surface area contributed by atoms with Gasteiger partial charge in [-0.2, -0.15) is 0 Å². The maximum Gasteiger partial charge on any atom is 0.253 e. The number of rotatable bonds is 4. The van der Waals surface area contributed by atoms with Gasteiger partial charge in [0.25, 0.3) is 5.91 Å². The van der Waals surface area contributed by atoms with Crippen molar-refractivity contribution >= 4 is 18.3 Å². The lowest BCUT2D eigenvalue weighted by Crippen LogP contribution is -2.49. The van der Waals surface area contributed by atoms with Crippen LogP contribution < -0.4 is 5.32 Å². The van der Waals surface area contributed by atoms with Crippen molar-refractivity contribution in [2.45, 2.75) is 19.6 Å². The Morgan fingerprint density at radius 3 is 2.62 bits per heavy atom. The molecule has 1 unspecified atom stereocenters. The van der Waals surface area contributed by atoms with Crippen molar-refractivity contribution in [1.29, 1.82) is 0 Å².